The number of sulfonamides is 1. The molecule has 0 atom stereocenters. The Kier molecular flexibility index (Phi) is 5.52. The molecular formula is C11H20N4O2S. The molecule has 6 nitrogen and oxygen atoms in total. The van der Waals surface area contributed by atoms with Gasteiger partial charge in [0.2, 0.25) is 0 Å². The highest BCUT2D eigenvalue weighted by Gasteiger charge is 2.18. The van der Waals surface area contributed by atoms with Gasteiger partial charge < -0.3 is 5.43 Å². The first kappa shape index (κ1) is 14.9. The van der Waals surface area contributed by atoms with Crippen LogP contribution in [0.5, 0.6) is 0 Å². The Morgan fingerprint density at radius 1 is 1.44 bits per heavy atom. The van der Waals surface area contributed by atoms with Crippen LogP contribution in [0.15, 0.2) is 23.4 Å². The molecule has 0 unspecified atom stereocenters. The summed E-state index contributed by atoms with van der Waals surface area (Å²) in [6.07, 6.45) is 3.20. The number of pyridine rings is 1. The number of aromatic nitrogens is 1. The Balaban J connectivity index is 2.68. The normalized spacial score (nSPS) is 11.8. The summed E-state index contributed by atoms with van der Waals surface area (Å²) in [5.74, 6) is 5.82. The first-order valence-electron chi connectivity index (χ1n) is 5.88. The average molecular weight is 272 g/mol. The number of anilines is 1. The van der Waals surface area contributed by atoms with Crippen molar-refractivity contribution in [1.82, 2.24) is 9.71 Å². The third kappa shape index (κ3) is 4.25. The minimum atomic E-state index is -3.60. The van der Waals surface area contributed by atoms with Gasteiger partial charge in [0.25, 0.3) is 10.0 Å². The molecule has 0 bridgehead atoms. The molecule has 1 aromatic heterocycles. The topological polar surface area (TPSA) is 97.1 Å². The van der Waals surface area contributed by atoms with Gasteiger partial charge in [0.05, 0.1) is 5.69 Å². The van der Waals surface area contributed by atoms with Crippen molar-refractivity contribution >= 4 is 15.7 Å². The van der Waals surface area contributed by atoms with Crippen LogP contribution in [0.25, 0.3) is 0 Å². The van der Waals surface area contributed by atoms with Crippen LogP contribution in [0.3, 0.4) is 0 Å². The van der Waals surface area contributed by atoms with Crippen molar-refractivity contribution in [1.29, 1.82) is 0 Å². The second-order valence-electron chi connectivity index (χ2n) is 4.43. The minimum absolute atomic E-state index is 0.0722. The molecule has 0 radical (unpaired) electrons. The Bertz CT molecular complexity index is 474. The third-order valence-corrected chi connectivity index (χ3v) is 3.85. The lowest BCUT2D eigenvalue weighted by Gasteiger charge is -2.10. The molecule has 0 amide bonds. The lowest BCUT2D eigenvalue weighted by atomic mass is 10.1. The fourth-order valence-electron chi connectivity index (χ4n) is 1.50. The van der Waals surface area contributed by atoms with Crippen LogP contribution in [0.4, 0.5) is 5.69 Å². The van der Waals surface area contributed by atoms with E-state index in [9.17, 15) is 8.42 Å². The van der Waals surface area contributed by atoms with Crippen molar-refractivity contribution in [3.8, 4) is 0 Å². The monoisotopic (exact) mass is 272 g/mol. The van der Waals surface area contributed by atoms with Crippen LogP contribution in [-0.2, 0) is 10.0 Å². The highest BCUT2D eigenvalue weighted by atomic mass is 32.2. The highest BCUT2D eigenvalue weighted by Crippen LogP contribution is 2.16. The number of hydrogen-bond donors (Lipinski definition) is 3. The number of nitrogen functional groups attached to an aromatic ring is 1. The van der Waals surface area contributed by atoms with Gasteiger partial charge in [-0.05, 0) is 30.9 Å². The summed E-state index contributed by atoms with van der Waals surface area (Å²) in [4.78, 5) is 3.84. The Hall–Kier alpha value is -1.18. The van der Waals surface area contributed by atoms with Crippen molar-refractivity contribution in [3.05, 3.63) is 18.3 Å². The number of rotatable bonds is 7. The quantitative estimate of drug-likeness (QED) is 0.392. The molecule has 7 heteroatoms. The Morgan fingerprint density at radius 2 is 2.17 bits per heavy atom. The van der Waals surface area contributed by atoms with Crippen LogP contribution >= 0.6 is 0 Å². The maximum Gasteiger partial charge on any atom is 0.260 e. The van der Waals surface area contributed by atoms with Gasteiger partial charge in [-0.3, -0.25) is 5.84 Å². The maximum atomic E-state index is 12.0. The van der Waals surface area contributed by atoms with Crippen LogP contribution in [0.1, 0.15) is 26.7 Å². The number of hydrogen-bond acceptors (Lipinski definition) is 5. The molecule has 1 rings (SSSR count). The molecule has 1 heterocycles. The van der Waals surface area contributed by atoms with Crippen LogP contribution in [0.2, 0.25) is 0 Å². The van der Waals surface area contributed by atoms with Crippen molar-refractivity contribution in [2.45, 2.75) is 31.7 Å². The van der Waals surface area contributed by atoms with Gasteiger partial charge >= 0.3 is 0 Å². The van der Waals surface area contributed by atoms with Gasteiger partial charge in [0.15, 0.2) is 5.03 Å². The molecule has 18 heavy (non-hydrogen) atoms. The van der Waals surface area contributed by atoms with E-state index in [1.807, 2.05) is 0 Å². The second-order valence-corrected chi connectivity index (χ2v) is 6.12. The van der Waals surface area contributed by atoms with Crippen molar-refractivity contribution in [3.63, 3.8) is 0 Å². The number of nitrogens with one attached hydrogen (secondary N) is 2. The largest absolute Gasteiger partial charge is 0.321 e. The predicted molar refractivity (Wildman–Crippen MR) is 71.3 cm³/mol. The summed E-state index contributed by atoms with van der Waals surface area (Å²) in [6.45, 7) is 4.61. The van der Waals surface area contributed by atoms with E-state index in [2.05, 4.69) is 29.0 Å². The molecule has 0 saturated carbocycles. The van der Waals surface area contributed by atoms with E-state index in [4.69, 9.17) is 5.84 Å². The van der Waals surface area contributed by atoms with E-state index < -0.39 is 10.0 Å². The summed E-state index contributed by atoms with van der Waals surface area (Å²) in [5, 5.41) is -0.0722. The van der Waals surface area contributed by atoms with Crippen LogP contribution in [-0.4, -0.2) is 19.9 Å². The lowest BCUT2D eigenvalue weighted by molar-refractivity contribution is 0.538. The van der Waals surface area contributed by atoms with Gasteiger partial charge in [-0.15, -0.1) is 0 Å². The molecule has 0 aliphatic heterocycles. The van der Waals surface area contributed by atoms with Gasteiger partial charge in [0, 0.05) is 12.7 Å². The zero-order chi connectivity index (χ0) is 13.6. The minimum Gasteiger partial charge on any atom is -0.321 e. The van der Waals surface area contributed by atoms with Gasteiger partial charge in [-0.1, -0.05) is 13.8 Å². The molecule has 102 valence electrons. The van der Waals surface area contributed by atoms with Crippen LogP contribution in [0, 0.1) is 5.92 Å². The van der Waals surface area contributed by atoms with E-state index in [0.29, 0.717) is 12.5 Å². The Morgan fingerprint density at radius 3 is 2.78 bits per heavy atom. The molecule has 0 spiro atoms. The molecule has 0 saturated heterocycles. The fraction of sp³-hybridized carbons (Fsp3) is 0.545. The van der Waals surface area contributed by atoms with E-state index in [1.54, 1.807) is 12.1 Å². The highest BCUT2D eigenvalue weighted by molar-refractivity contribution is 7.89. The first-order valence-corrected chi connectivity index (χ1v) is 7.37. The number of nitrogens with zero attached hydrogens (tertiary/aromatic N) is 1. The summed E-state index contributed by atoms with van der Waals surface area (Å²) in [6, 6.07) is 3.18. The third-order valence-electron chi connectivity index (χ3n) is 2.43. The average Bonchev–Trinajstić information content (AvgIpc) is 2.34. The van der Waals surface area contributed by atoms with E-state index >= 15 is 0 Å². The summed E-state index contributed by atoms with van der Waals surface area (Å²) >= 11 is 0. The molecule has 0 aromatic carbocycles. The summed E-state index contributed by atoms with van der Waals surface area (Å²) in [7, 11) is -3.60. The maximum absolute atomic E-state index is 12.0. The molecule has 1 aromatic rings. The first-order chi connectivity index (χ1) is 8.47. The molecule has 0 aliphatic carbocycles. The van der Waals surface area contributed by atoms with Gasteiger partial charge in [-0.25, -0.2) is 18.1 Å². The lowest BCUT2D eigenvalue weighted by Crippen LogP contribution is -2.27. The standard InChI is InChI=1S/C11H20N4O2S/c1-9(2)5-3-8-14-18(16,17)11-10(15-12)6-4-7-13-11/h4,6-7,9,14-15H,3,5,8,12H2,1-2H3. The van der Waals surface area contributed by atoms with Gasteiger partial charge in [0.1, 0.15) is 0 Å². The summed E-state index contributed by atoms with van der Waals surface area (Å²) in [5.41, 5.74) is 2.61. The second kappa shape index (κ2) is 6.67. The number of hydrazine groups is 1. The molecule has 0 aliphatic rings. The zero-order valence-corrected chi connectivity index (χ0v) is 11.5. The van der Waals surface area contributed by atoms with Gasteiger partial charge in [-0.2, -0.15) is 0 Å². The van der Waals surface area contributed by atoms with Crippen LogP contribution < -0.4 is 16.0 Å². The molecule has 0 fully saturated rings. The van der Waals surface area contributed by atoms with E-state index in [1.165, 1.54) is 6.20 Å². The SMILES string of the molecule is CC(C)CCCNS(=O)(=O)c1ncccc1NN. The fourth-order valence-corrected chi connectivity index (χ4v) is 2.67. The summed E-state index contributed by atoms with van der Waals surface area (Å²) < 4.78 is 26.5. The van der Waals surface area contributed by atoms with Crippen molar-refractivity contribution < 1.29 is 8.42 Å². The zero-order valence-electron chi connectivity index (χ0n) is 10.7. The Labute approximate surface area is 108 Å². The predicted octanol–water partition coefficient (Wildman–Crippen LogP) is 1.08. The van der Waals surface area contributed by atoms with E-state index in [0.717, 1.165) is 12.8 Å². The molecule has 4 N–H and O–H groups in total. The van der Waals surface area contributed by atoms with E-state index in [-0.39, 0.29) is 10.7 Å². The molecular weight excluding hydrogens is 252 g/mol. The number of nitrogens with two attached hydrogens (primary N) is 1. The van der Waals surface area contributed by atoms with Crippen molar-refractivity contribution in [2.75, 3.05) is 12.0 Å². The smallest absolute Gasteiger partial charge is 0.260 e. The van der Waals surface area contributed by atoms with Crippen molar-refractivity contribution in [2.24, 2.45) is 11.8 Å².